The van der Waals surface area contributed by atoms with Crippen molar-refractivity contribution in [3.63, 3.8) is 0 Å². The average Bonchev–Trinajstić information content (AvgIpc) is 2.89. The van der Waals surface area contributed by atoms with E-state index in [9.17, 15) is 4.79 Å². The number of carboxylic acid groups (broad SMARTS) is 1. The largest absolute Gasteiger partial charge is 0.486 e. The predicted molar refractivity (Wildman–Crippen MR) is 85.1 cm³/mol. The molecule has 0 unspecified atom stereocenters. The molecule has 0 aliphatic heterocycles. The van der Waals surface area contributed by atoms with Crippen LogP contribution in [0.3, 0.4) is 0 Å². The Morgan fingerprint density at radius 1 is 1.29 bits per heavy atom. The van der Waals surface area contributed by atoms with Gasteiger partial charge in [-0.1, -0.05) is 12.1 Å². The van der Waals surface area contributed by atoms with E-state index in [4.69, 9.17) is 9.84 Å². The van der Waals surface area contributed by atoms with E-state index in [0.29, 0.717) is 16.8 Å². The number of thiazole rings is 1. The van der Waals surface area contributed by atoms with Gasteiger partial charge in [0.25, 0.3) is 0 Å². The molecule has 0 aliphatic rings. The number of nitrogens with zero attached hydrogens (tertiary/aromatic N) is 1. The molecule has 1 heterocycles. The van der Waals surface area contributed by atoms with Gasteiger partial charge < -0.3 is 9.84 Å². The third kappa shape index (κ3) is 3.06. The second-order valence-corrected chi connectivity index (χ2v) is 6.28. The van der Waals surface area contributed by atoms with E-state index >= 15 is 0 Å². The normalized spacial score (nSPS) is 10.7. The van der Waals surface area contributed by atoms with Crippen LogP contribution in [0.25, 0.3) is 10.2 Å². The second kappa shape index (κ2) is 5.83. The van der Waals surface area contributed by atoms with Gasteiger partial charge in [0.05, 0.1) is 15.8 Å². The summed E-state index contributed by atoms with van der Waals surface area (Å²) in [6, 6.07) is 12.8. The molecule has 0 atom stereocenters. The number of rotatable bonds is 4. The van der Waals surface area contributed by atoms with E-state index in [1.54, 1.807) is 23.5 Å². The lowest BCUT2D eigenvalue weighted by Gasteiger charge is -2.06. The van der Waals surface area contributed by atoms with Crippen LogP contribution in [0.15, 0.2) is 46.9 Å². The van der Waals surface area contributed by atoms with Crippen LogP contribution in [-0.4, -0.2) is 16.1 Å². The van der Waals surface area contributed by atoms with Gasteiger partial charge in [-0.3, -0.25) is 0 Å². The monoisotopic (exact) mass is 363 g/mol. The molecule has 106 valence electrons. The maximum Gasteiger partial charge on any atom is 0.336 e. The number of para-hydroxylation sites is 1. The molecular formula is C15H10BrNO3S. The van der Waals surface area contributed by atoms with E-state index in [-0.39, 0.29) is 5.56 Å². The SMILES string of the molecule is O=C(O)c1cc(OCc2nc3ccccc3s2)ccc1Br. The van der Waals surface area contributed by atoms with Gasteiger partial charge in [-0.25, -0.2) is 9.78 Å². The number of benzene rings is 2. The smallest absolute Gasteiger partial charge is 0.336 e. The summed E-state index contributed by atoms with van der Waals surface area (Å²) in [5.41, 5.74) is 1.12. The van der Waals surface area contributed by atoms with Crippen molar-refractivity contribution in [1.82, 2.24) is 4.98 Å². The molecule has 0 radical (unpaired) electrons. The van der Waals surface area contributed by atoms with Gasteiger partial charge >= 0.3 is 5.97 Å². The fraction of sp³-hybridized carbons (Fsp3) is 0.0667. The Bertz CT molecular complexity index is 783. The number of fused-ring (bicyclic) bond motifs is 1. The Morgan fingerprint density at radius 2 is 2.10 bits per heavy atom. The molecule has 2 aromatic carbocycles. The molecular weight excluding hydrogens is 354 g/mol. The number of ether oxygens (including phenoxy) is 1. The maximum atomic E-state index is 11.1. The fourth-order valence-corrected chi connectivity index (χ4v) is 3.18. The van der Waals surface area contributed by atoms with Gasteiger partial charge in [0.1, 0.15) is 17.4 Å². The molecule has 1 N–H and O–H groups in total. The quantitative estimate of drug-likeness (QED) is 0.748. The summed E-state index contributed by atoms with van der Waals surface area (Å²) in [4.78, 5) is 15.5. The van der Waals surface area contributed by atoms with E-state index in [2.05, 4.69) is 20.9 Å². The minimum absolute atomic E-state index is 0.178. The van der Waals surface area contributed by atoms with Crippen LogP contribution in [0, 0.1) is 0 Å². The molecule has 21 heavy (non-hydrogen) atoms. The van der Waals surface area contributed by atoms with Crippen LogP contribution in [0.5, 0.6) is 5.75 Å². The zero-order valence-electron chi connectivity index (χ0n) is 10.7. The van der Waals surface area contributed by atoms with Crippen molar-refractivity contribution in [2.75, 3.05) is 0 Å². The number of carbonyl (C=O) groups is 1. The van der Waals surface area contributed by atoms with Gasteiger partial charge in [0.2, 0.25) is 0 Å². The van der Waals surface area contributed by atoms with Crippen molar-refractivity contribution in [2.24, 2.45) is 0 Å². The number of halogens is 1. The fourth-order valence-electron chi connectivity index (χ4n) is 1.88. The summed E-state index contributed by atoms with van der Waals surface area (Å²) < 4.78 is 7.27. The van der Waals surface area contributed by atoms with E-state index in [0.717, 1.165) is 15.2 Å². The van der Waals surface area contributed by atoms with Crippen LogP contribution in [0.2, 0.25) is 0 Å². The summed E-state index contributed by atoms with van der Waals surface area (Å²) in [6.07, 6.45) is 0. The van der Waals surface area contributed by atoms with E-state index < -0.39 is 5.97 Å². The molecule has 0 bridgehead atoms. The topological polar surface area (TPSA) is 59.4 Å². The molecule has 3 rings (SSSR count). The Balaban J connectivity index is 1.78. The minimum Gasteiger partial charge on any atom is -0.486 e. The molecule has 4 nitrogen and oxygen atoms in total. The highest BCUT2D eigenvalue weighted by Gasteiger charge is 2.10. The number of carboxylic acids is 1. The van der Waals surface area contributed by atoms with Crippen molar-refractivity contribution in [3.8, 4) is 5.75 Å². The molecule has 0 aliphatic carbocycles. The van der Waals surface area contributed by atoms with Crippen molar-refractivity contribution in [1.29, 1.82) is 0 Å². The molecule has 6 heteroatoms. The summed E-state index contributed by atoms with van der Waals surface area (Å²) in [5.74, 6) is -0.484. The Hall–Kier alpha value is -1.92. The van der Waals surface area contributed by atoms with Crippen molar-refractivity contribution >= 4 is 43.5 Å². The Kier molecular flexibility index (Phi) is 3.90. The second-order valence-electron chi connectivity index (χ2n) is 4.31. The summed E-state index contributed by atoms with van der Waals surface area (Å²) >= 11 is 4.77. The molecule has 3 aromatic rings. The lowest BCUT2D eigenvalue weighted by atomic mass is 10.2. The van der Waals surface area contributed by atoms with Gasteiger partial charge in [-0.15, -0.1) is 11.3 Å². The third-order valence-corrected chi connectivity index (χ3v) is 4.57. The average molecular weight is 364 g/mol. The van der Waals surface area contributed by atoms with E-state index in [1.165, 1.54) is 6.07 Å². The van der Waals surface area contributed by atoms with Crippen LogP contribution in [0.1, 0.15) is 15.4 Å². The Labute approximate surface area is 133 Å². The first kappa shape index (κ1) is 14.0. The molecule has 0 fully saturated rings. The lowest BCUT2D eigenvalue weighted by molar-refractivity contribution is 0.0695. The highest BCUT2D eigenvalue weighted by Crippen LogP contribution is 2.25. The van der Waals surface area contributed by atoms with Crippen LogP contribution >= 0.6 is 27.3 Å². The summed E-state index contributed by atoms with van der Waals surface area (Å²) in [7, 11) is 0. The molecule has 0 spiro atoms. The van der Waals surface area contributed by atoms with Gasteiger partial charge in [0, 0.05) is 4.47 Å². The third-order valence-electron chi connectivity index (χ3n) is 2.87. The van der Waals surface area contributed by atoms with Crippen molar-refractivity contribution in [3.05, 3.63) is 57.5 Å². The van der Waals surface area contributed by atoms with Crippen LogP contribution in [0.4, 0.5) is 0 Å². The number of aromatic nitrogens is 1. The molecule has 0 saturated carbocycles. The highest BCUT2D eigenvalue weighted by atomic mass is 79.9. The zero-order valence-corrected chi connectivity index (χ0v) is 13.1. The lowest BCUT2D eigenvalue weighted by Crippen LogP contribution is -2.00. The number of hydrogen-bond donors (Lipinski definition) is 1. The molecule has 0 amide bonds. The van der Waals surface area contributed by atoms with Crippen molar-refractivity contribution in [2.45, 2.75) is 6.61 Å². The van der Waals surface area contributed by atoms with Gasteiger partial charge in [-0.2, -0.15) is 0 Å². The summed E-state index contributed by atoms with van der Waals surface area (Å²) in [5, 5.41) is 9.93. The maximum absolute atomic E-state index is 11.1. The number of hydrogen-bond acceptors (Lipinski definition) is 4. The first-order valence-corrected chi connectivity index (χ1v) is 7.74. The van der Waals surface area contributed by atoms with E-state index in [1.807, 2.05) is 24.3 Å². The van der Waals surface area contributed by atoms with Crippen LogP contribution in [-0.2, 0) is 6.61 Å². The minimum atomic E-state index is -0.993. The first-order valence-electron chi connectivity index (χ1n) is 6.13. The Morgan fingerprint density at radius 3 is 2.86 bits per heavy atom. The standard InChI is InChI=1S/C15H10BrNO3S/c16-11-6-5-9(7-10(11)15(18)19)20-8-14-17-12-3-1-2-4-13(12)21-14/h1-7H,8H2,(H,18,19). The predicted octanol–water partition coefficient (Wildman–Crippen LogP) is 4.34. The molecule has 1 aromatic heterocycles. The van der Waals surface area contributed by atoms with Gasteiger partial charge in [0.15, 0.2) is 0 Å². The van der Waals surface area contributed by atoms with Crippen molar-refractivity contribution < 1.29 is 14.6 Å². The number of aromatic carboxylic acids is 1. The van der Waals surface area contributed by atoms with Crippen LogP contribution < -0.4 is 4.74 Å². The summed E-state index contributed by atoms with van der Waals surface area (Å²) in [6.45, 7) is 0.319. The zero-order chi connectivity index (χ0) is 14.8. The first-order chi connectivity index (χ1) is 10.1. The van der Waals surface area contributed by atoms with Gasteiger partial charge in [-0.05, 0) is 46.3 Å². The highest BCUT2D eigenvalue weighted by molar-refractivity contribution is 9.10. The molecule has 0 saturated heterocycles.